The maximum Gasteiger partial charge on any atom is 0.305 e. The molecule has 2 N–H and O–H groups in total. The molecule has 2 rings (SSSR count). The van der Waals surface area contributed by atoms with Gasteiger partial charge in [0.05, 0.1) is 17.4 Å². The van der Waals surface area contributed by atoms with Crippen LogP contribution < -0.4 is 5.32 Å². The molecule has 9 heteroatoms. The van der Waals surface area contributed by atoms with Gasteiger partial charge < -0.3 is 10.4 Å². The van der Waals surface area contributed by atoms with Crippen molar-refractivity contribution in [3.05, 3.63) is 73.8 Å². The van der Waals surface area contributed by atoms with E-state index >= 15 is 0 Å². The minimum absolute atomic E-state index is 0.114. The second-order valence-corrected chi connectivity index (χ2v) is 5.97. The molecule has 0 saturated carbocycles. The van der Waals surface area contributed by atoms with E-state index in [1.165, 1.54) is 12.1 Å². The van der Waals surface area contributed by atoms with Crippen LogP contribution in [0.25, 0.3) is 0 Å². The minimum atomic E-state index is -1.13. The Morgan fingerprint density at radius 2 is 1.72 bits per heavy atom. The molecule has 1 unspecified atom stereocenters. The molecule has 1 atom stereocenters. The monoisotopic (exact) mass is 382 g/mol. The van der Waals surface area contributed by atoms with Crippen LogP contribution in [0.4, 0.5) is 5.69 Å². The number of nitrogens with one attached hydrogen (secondary N) is 1. The molecule has 0 fully saturated rings. The van der Waals surface area contributed by atoms with Gasteiger partial charge >= 0.3 is 5.97 Å². The number of amides is 1. The molecule has 2 aromatic rings. The smallest absolute Gasteiger partial charge is 0.305 e. The Morgan fingerprint density at radius 1 is 1.12 bits per heavy atom. The van der Waals surface area contributed by atoms with Crippen molar-refractivity contribution in [1.82, 2.24) is 5.32 Å². The predicted octanol–water partition coefficient (Wildman–Crippen LogP) is 3.85. The zero-order chi connectivity index (χ0) is 18.6. The van der Waals surface area contributed by atoms with Gasteiger partial charge in [-0.15, -0.1) is 0 Å². The average molecular weight is 383 g/mol. The number of carboxylic acids is 1. The van der Waals surface area contributed by atoms with Crippen molar-refractivity contribution >= 4 is 40.8 Å². The molecule has 0 aliphatic rings. The molecule has 130 valence electrons. The number of carboxylic acid groups (broad SMARTS) is 1. The normalized spacial score (nSPS) is 11.6. The van der Waals surface area contributed by atoms with Gasteiger partial charge in [-0.2, -0.15) is 0 Å². The van der Waals surface area contributed by atoms with Gasteiger partial charge in [-0.1, -0.05) is 35.3 Å². The summed E-state index contributed by atoms with van der Waals surface area (Å²) in [6.07, 6.45) is -0.394. The van der Waals surface area contributed by atoms with E-state index in [2.05, 4.69) is 5.32 Å². The second-order valence-electron chi connectivity index (χ2n) is 5.09. The van der Waals surface area contributed by atoms with Gasteiger partial charge in [-0.05, 0) is 29.8 Å². The minimum Gasteiger partial charge on any atom is -0.481 e. The zero-order valence-electron chi connectivity index (χ0n) is 12.6. The van der Waals surface area contributed by atoms with Crippen molar-refractivity contribution in [2.45, 2.75) is 12.5 Å². The van der Waals surface area contributed by atoms with Crippen LogP contribution in [0.5, 0.6) is 0 Å². The molecule has 0 saturated heterocycles. The quantitative estimate of drug-likeness (QED) is 0.582. The number of hydrogen-bond donors (Lipinski definition) is 2. The van der Waals surface area contributed by atoms with Crippen LogP contribution >= 0.6 is 23.2 Å². The Bertz CT molecular complexity index is 824. The summed E-state index contributed by atoms with van der Waals surface area (Å²) < 4.78 is 0. The van der Waals surface area contributed by atoms with E-state index in [4.69, 9.17) is 28.3 Å². The number of benzene rings is 2. The summed E-state index contributed by atoms with van der Waals surface area (Å²) in [7, 11) is 0. The summed E-state index contributed by atoms with van der Waals surface area (Å²) in [5.41, 5.74) is -0.161. The lowest BCUT2D eigenvalue weighted by atomic mass is 10.0. The number of carbonyl (C=O) groups is 2. The fraction of sp³-hybridized carbons (Fsp3) is 0.125. The summed E-state index contributed by atoms with van der Waals surface area (Å²) >= 11 is 11.5. The van der Waals surface area contributed by atoms with Gasteiger partial charge in [0.25, 0.3) is 11.6 Å². The predicted molar refractivity (Wildman–Crippen MR) is 92.0 cm³/mol. The van der Waals surface area contributed by atoms with E-state index in [0.29, 0.717) is 10.6 Å². The number of nitro groups is 1. The van der Waals surface area contributed by atoms with Crippen molar-refractivity contribution in [2.24, 2.45) is 0 Å². The molecule has 7 nitrogen and oxygen atoms in total. The van der Waals surface area contributed by atoms with Gasteiger partial charge in [0, 0.05) is 16.1 Å². The number of halogens is 2. The first kappa shape index (κ1) is 18.7. The third kappa shape index (κ3) is 4.91. The van der Waals surface area contributed by atoms with Gasteiger partial charge in [0.2, 0.25) is 0 Å². The van der Waals surface area contributed by atoms with Crippen LogP contribution in [0.2, 0.25) is 10.0 Å². The Balaban J connectivity index is 2.32. The van der Waals surface area contributed by atoms with Crippen molar-refractivity contribution in [3.8, 4) is 0 Å². The molecule has 0 aliphatic carbocycles. The topological polar surface area (TPSA) is 110 Å². The van der Waals surface area contributed by atoms with Crippen LogP contribution in [0.15, 0.2) is 42.5 Å². The van der Waals surface area contributed by atoms with Gasteiger partial charge in [-0.3, -0.25) is 19.7 Å². The highest BCUT2D eigenvalue weighted by molar-refractivity contribution is 6.31. The summed E-state index contributed by atoms with van der Waals surface area (Å²) in [5.74, 6) is -1.91. The number of hydrogen-bond acceptors (Lipinski definition) is 4. The van der Waals surface area contributed by atoms with E-state index < -0.39 is 34.9 Å². The number of rotatable bonds is 6. The van der Waals surface area contributed by atoms with E-state index in [1.54, 1.807) is 24.3 Å². The van der Waals surface area contributed by atoms with Crippen LogP contribution in [-0.2, 0) is 4.79 Å². The van der Waals surface area contributed by atoms with Gasteiger partial charge in [-0.25, -0.2) is 0 Å². The third-order valence-corrected chi connectivity index (χ3v) is 3.84. The van der Waals surface area contributed by atoms with Crippen LogP contribution in [0.1, 0.15) is 28.4 Å². The summed E-state index contributed by atoms with van der Waals surface area (Å²) in [5, 5.41) is 23.2. The van der Waals surface area contributed by atoms with Crippen LogP contribution in [0.3, 0.4) is 0 Å². The number of aliphatic carboxylic acids is 1. The first-order chi connectivity index (χ1) is 11.8. The fourth-order valence-corrected chi connectivity index (χ4v) is 2.50. The highest BCUT2D eigenvalue weighted by atomic mass is 35.5. The van der Waals surface area contributed by atoms with Gasteiger partial charge in [0.1, 0.15) is 5.56 Å². The Hall–Kier alpha value is -2.64. The molecular formula is C16H12Cl2N2O5. The first-order valence-corrected chi connectivity index (χ1v) is 7.75. The first-order valence-electron chi connectivity index (χ1n) is 7.00. The lowest BCUT2D eigenvalue weighted by molar-refractivity contribution is -0.385. The van der Waals surface area contributed by atoms with Crippen molar-refractivity contribution in [2.75, 3.05) is 0 Å². The van der Waals surface area contributed by atoms with E-state index in [9.17, 15) is 19.7 Å². The number of nitrogens with zero attached hydrogens (tertiary/aromatic N) is 1. The number of carbonyl (C=O) groups excluding carboxylic acids is 1. The van der Waals surface area contributed by atoms with Crippen molar-refractivity contribution in [3.63, 3.8) is 0 Å². The molecule has 0 radical (unpaired) electrons. The largest absolute Gasteiger partial charge is 0.481 e. The van der Waals surface area contributed by atoms with Crippen LogP contribution in [-0.4, -0.2) is 21.9 Å². The van der Waals surface area contributed by atoms with Gasteiger partial charge in [0.15, 0.2) is 0 Å². The number of nitro benzene ring substituents is 1. The lowest BCUT2D eigenvalue weighted by Gasteiger charge is -2.17. The molecule has 0 spiro atoms. The highest BCUT2D eigenvalue weighted by Crippen LogP contribution is 2.25. The lowest BCUT2D eigenvalue weighted by Crippen LogP contribution is -2.30. The SMILES string of the molecule is O=C(O)CC(NC(=O)c1ccc(Cl)cc1[N+](=O)[O-])c1ccc(Cl)cc1. The summed E-state index contributed by atoms with van der Waals surface area (Å²) in [6.45, 7) is 0. The highest BCUT2D eigenvalue weighted by Gasteiger charge is 2.24. The second kappa shape index (κ2) is 7.96. The fourth-order valence-electron chi connectivity index (χ4n) is 2.21. The Kier molecular flexibility index (Phi) is 5.95. The maximum atomic E-state index is 12.4. The van der Waals surface area contributed by atoms with Crippen molar-refractivity contribution in [1.29, 1.82) is 0 Å². The average Bonchev–Trinajstić information content (AvgIpc) is 2.54. The van der Waals surface area contributed by atoms with E-state index in [0.717, 1.165) is 6.07 Å². The molecule has 0 bridgehead atoms. The molecule has 0 heterocycles. The summed E-state index contributed by atoms with van der Waals surface area (Å²) in [4.78, 5) is 33.9. The third-order valence-electron chi connectivity index (χ3n) is 3.36. The molecule has 25 heavy (non-hydrogen) atoms. The van der Waals surface area contributed by atoms with Crippen LogP contribution in [0, 0.1) is 10.1 Å². The Morgan fingerprint density at radius 3 is 2.28 bits per heavy atom. The molecule has 1 amide bonds. The standard InChI is InChI=1S/C16H12Cl2N2O5/c17-10-3-1-9(2-4-10)13(8-15(21)22)19-16(23)12-6-5-11(18)7-14(12)20(24)25/h1-7,13H,8H2,(H,19,23)(H,21,22). The summed E-state index contributed by atoms with van der Waals surface area (Å²) in [6, 6.07) is 9.01. The Labute approximate surface area is 152 Å². The molecule has 0 aliphatic heterocycles. The van der Waals surface area contributed by atoms with E-state index in [-0.39, 0.29) is 10.6 Å². The molecule has 0 aromatic heterocycles. The molecule has 2 aromatic carbocycles. The zero-order valence-corrected chi connectivity index (χ0v) is 14.1. The maximum absolute atomic E-state index is 12.4. The van der Waals surface area contributed by atoms with Crippen molar-refractivity contribution < 1.29 is 19.6 Å². The van der Waals surface area contributed by atoms with E-state index in [1.807, 2.05) is 0 Å². The molecular weight excluding hydrogens is 371 g/mol.